The van der Waals surface area contributed by atoms with Crippen molar-refractivity contribution in [3.8, 4) is 0 Å². The van der Waals surface area contributed by atoms with E-state index in [9.17, 15) is 13.2 Å². The van der Waals surface area contributed by atoms with Gasteiger partial charge in [-0.1, -0.05) is 16.8 Å². The number of benzene rings is 1. The van der Waals surface area contributed by atoms with Crippen LogP contribution in [0.4, 0.5) is 5.69 Å². The Labute approximate surface area is 132 Å². The second-order valence-electron chi connectivity index (χ2n) is 3.91. The Morgan fingerprint density at radius 1 is 1.48 bits per heavy atom. The normalized spacial score (nSPS) is 11.4. The SMILES string of the molecule is Cn1nnc(Br)c1S(=O)(=O)Nc1ccc(Cl)cc1C(=O)O. The van der Waals surface area contributed by atoms with Gasteiger partial charge in [-0.25, -0.2) is 9.48 Å². The molecule has 1 aromatic heterocycles. The lowest BCUT2D eigenvalue weighted by molar-refractivity contribution is 0.0698. The molecule has 0 saturated heterocycles. The van der Waals surface area contributed by atoms with E-state index >= 15 is 0 Å². The third kappa shape index (κ3) is 3.17. The maximum atomic E-state index is 12.3. The van der Waals surface area contributed by atoms with Crippen molar-refractivity contribution in [1.29, 1.82) is 0 Å². The number of hydrogen-bond acceptors (Lipinski definition) is 5. The Kier molecular flexibility index (Phi) is 4.21. The highest BCUT2D eigenvalue weighted by atomic mass is 79.9. The van der Waals surface area contributed by atoms with Crippen LogP contribution in [0.25, 0.3) is 0 Å². The molecule has 0 aliphatic carbocycles. The largest absolute Gasteiger partial charge is 0.478 e. The summed E-state index contributed by atoms with van der Waals surface area (Å²) in [7, 11) is -2.67. The maximum Gasteiger partial charge on any atom is 0.337 e. The molecule has 1 aromatic carbocycles. The summed E-state index contributed by atoms with van der Waals surface area (Å²) in [6.07, 6.45) is 0. The first-order valence-electron chi connectivity index (χ1n) is 5.33. The van der Waals surface area contributed by atoms with Crippen molar-refractivity contribution in [2.45, 2.75) is 5.03 Å². The third-order valence-electron chi connectivity index (χ3n) is 2.45. The van der Waals surface area contributed by atoms with E-state index in [1.54, 1.807) is 0 Å². The van der Waals surface area contributed by atoms with Gasteiger partial charge >= 0.3 is 5.97 Å². The van der Waals surface area contributed by atoms with E-state index in [0.717, 1.165) is 10.7 Å². The van der Waals surface area contributed by atoms with Crippen LogP contribution in [0, 0.1) is 0 Å². The molecule has 0 aliphatic heterocycles. The fourth-order valence-corrected chi connectivity index (χ4v) is 3.93. The predicted octanol–water partition coefficient (Wildman–Crippen LogP) is 1.73. The van der Waals surface area contributed by atoms with E-state index in [1.165, 1.54) is 19.2 Å². The van der Waals surface area contributed by atoms with Crippen LogP contribution in [0.15, 0.2) is 27.8 Å². The molecule has 0 aliphatic rings. The minimum absolute atomic E-state index is 0.0170. The number of carbonyl (C=O) groups is 1. The lowest BCUT2D eigenvalue weighted by Gasteiger charge is -2.10. The Hall–Kier alpha value is -1.65. The number of rotatable bonds is 4. The molecule has 2 N–H and O–H groups in total. The van der Waals surface area contributed by atoms with Crippen molar-refractivity contribution < 1.29 is 18.3 Å². The summed E-state index contributed by atoms with van der Waals surface area (Å²) in [5.41, 5.74) is -0.377. The molecule has 0 fully saturated rings. The average molecular weight is 396 g/mol. The number of sulfonamides is 1. The number of nitrogens with one attached hydrogen (secondary N) is 1. The van der Waals surface area contributed by atoms with E-state index in [4.69, 9.17) is 16.7 Å². The topological polar surface area (TPSA) is 114 Å². The highest BCUT2D eigenvalue weighted by molar-refractivity contribution is 9.10. The Bertz CT molecular complexity index is 801. The fourth-order valence-electron chi connectivity index (χ4n) is 1.58. The van der Waals surface area contributed by atoms with Crippen LogP contribution in [0.2, 0.25) is 5.02 Å². The van der Waals surface area contributed by atoms with Crippen LogP contribution >= 0.6 is 27.5 Å². The van der Waals surface area contributed by atoms with Gasteiger partial charge in [-0.3, -0.25) is 4.72 Å². The van der Waals surface area contributed by atoms with Crippen molar-refractivity contribution >= 4 is 49.2 Å². The van der Waals surface area contributed by atoms with Crippen molar-refractivity contribution in [3.05, 3.63) is 33.4 Å². The van der Waals surface area contributed by atoms with Gasteiger partial charge in [-0.05, 0) is 34.1 Å². The molecular weight excluding hydrogens is 388 g/mol. The van der Waals surface area contributed by atoms with Gasteiger partial charge in [0.25, 0.3) is 10.0 Å². The zero-order chi connectivity index (χ0) is 15.8. The molecule has 11 heteroatoms. The van der Waals surface area contributed by atoms with Gasteiger partial charge in [0.1, 0.15) is 0 Å². The highest BCUT2D eigenvalue weighted by Crippen LogP contribution is 2.25. The summed E-state index contributed by atoms with van der Waals surface area (Å²) in [6.45, 7) is 0. The number of aromatic carboxylic acids is 1. The molecule has 0 bridgehead atoms. The molecule has 2 aromatic rings. The van der Waals surface area contributed by atoms with Crippen molar-refractivity contribution in [2.75, 3.05) is 4.72 Å². The number of hydrogen-bond donors (Lipinski definition) is 2. The first kappa shape index (κ1) is 15.7. The Balaban J connectivity index is 2.50. The van der Waals surface area contributed by atoms with E-state index in [0.29, 0.717) is 0 Å². The Morgan fingerprint density at radius 2 is 2.14 bits per heavy atom. The lowest BCUT2D eigenvalue weighted by atomic mass is 10.2. The number of aromatic nitrogens is 3. The average Bonchev–Trinajstić information content (AvgIpc) is 2.71. The van der Waals surface area contributed by atoms with Crippen LogP contribution in [0.5, 0.6) is 0 Å². The number of carboxylic acid groups (broad SMARTS) is 1. The van der Waals surface area contributed by atoms with E-state index in [2.05, 4.69) is 31.0 Å². The fraction of sp³-hybridized carbons (Fsp3) is 0.100. The number of nitrogens with zero attached hydrogens (tertiary/aromatic N) is 3. The first-order chi connectivity index (χ1) is 9.72. The second-order valence-corrected chi connectivity index (χ2v) is 6.69. The molecule has 1 heterocycles. The molecule has 0 saturated carbocycles. The second kappa shape index (κ2) is 5.62. The van der Waals surface area contributed by atoms with Crippen LogP contribution in [-0.4, -0.2) is 34.5 Å². The van der Waals surface area contributed by atoms with Crippen molar-refractivity contribution in [3.63, 3.8) is 0 Å². The molecular formula is C10H8BrClN4O4S. The summed E-state index contributed by atoms with van der Waals surface area (Å²) in [5, 5.41) is 16.2. The Morgan fingerprint density at radius 3 is 2.67 bits per heavy atom. The minimum Gasteiger partial charge on any atom is -0.478 e. The molecule has 0 unspecified atom stereocenters. The highest BCUT2D eigenvalue weighted by Gasteiger charge is 2.25. The first-order valence-corrected chi connectivity index (χ1v) is 7.98. The van der Waals surface area contributed by atoms with Gasteiger partial charge < -0.3 is 5.11 Å². The maximum absolute atomic E-state index is 12.3. The number of carboxylic acids is 1. The molecule has 8 nitrogen and oxygen atoms in total. The summed E-state index contributed by atoms with van der Waals surface area (Å²) in [4.78, 5) is 11.1. The summed E-state index contributed by atoms with van der Waals surface area (Å²) in [5.74, 6) is -1.31. The zero-order valence-electron chi connectivity index (χ0n) is 10.4. The van der Waals surface area contributed by atoms with Gasteiger partial charge in [-0.15, -0.1) is 5.10 Å². The zero-order valence-corrected chi connectivity index (χ0v) is 13.6. The number of halogens is 2. The monoisotopic (exact) mass is 394 g/mol. The van der Waals surface area contributed by atoms with Crippen LogP contribution in [0.1, 0.15) is 10.4 Å². The van der Waals surface area contributed by atoms with Gasteiger partial charge in [0, 0.05) is 12.1 Å². The number of anilines is 1. The van der Waals surface area contributed by atoms with E-state index in [-0.39, 0.29) is 25.9 Å². The summed E-state index contributed by atoms with van der Waals surface area (Å²) < 4.78 is 27.8. The molecule has 0 atom stereocenters. The molecule has 0 amide bonds. The van der Waals surface area contributed by atoms with E-state index < -0.39 is 16.0 Å². The van der Waals surface area contributed by atoms with Crippen LogP contribution in [-0.2, 0) is 17.1 Å². The van der Waals surface area contributed by atoms with Gasteiger partial charge in [0.2, 0.25) is 5.03 Å². The van der Waals surface area contributed by atoms with Gasteiger partial charge in [0.05, 0.1) is 11.3 Å². The number of aryl methyl sites for hydroxylation is 1. The predicted molar refractivity (Wildman–Crippen MR) is 77.9 cm³/mol. The van der Waals surface area contributed by atoms with Crippen LogP contribution < -0.4 is 4.72 Å². The quantitative estimate of drug-likeness (QED) is 0.815. The minimum atomic E-state index is -4.07. The lowest BCUT2D eigenvalue weighted by Crippen LogP contribution is -2.19. The summed E-state index contributed by atoms with van der Waals surface area (Å²) in [6, 6.07) is 3.79. The third-order valence-corrected chi connectivity index (χ3v) is 4.93. The summed E-state index contributed by atoms with van der Waals surface area (Å²) >= 11 is 8.68. The van der Waals surface area contributed by atoms with E-state index in [1.807, 2.05) is 0 Å². The standard InChI is InChI=1S/C10H8BrClN4O4S/c1-16-9(8(11)13-15-16)21(19,20)14-7-3-2-5(12)4-6(7)10(17)18/h2-4,14H,1H3,(H,17,18). The molecule has 0 spiro atoms. The molecule has 2 rings (SSSR count). The molecule has 112 valence electrons. The molecule has 0 radical (unpaired) electrons. The van der Waals surface area contributed by atoms with Crippen molar-refractivity contribution in [2.24, 2.45) is 7.05 Å². The van der Waals surface area contributed by atoms with Crippen LogP contribution in [0.3, 0.4) is 0 Å². The van der Waals surface area contributed by atoms with Gasteiger partial charge in [-0.2, -0.15) is 8.42 Å². The van der Waals surface area contributed by atoms with Gasteiger partial charge in [0.15, 0.2) is 4.60 Å². The molecule has 21 heavy (non-hydrogen) atoms. The van der Waals surface area contributed by atoms with Crippen molar-refractivity contribution in [1.82, 2.24) is 15.0 Å². The smallest absolute Gasteiger partial charge is 0.337 e.